The summed E-state index contributed by atoms with van der Waals surface area (Å²) in [5, 5.41) is 1.50. The zero-order chi connectivity index (χ0) is 9.00. The lowest BCUT2D eigenvalue weighted by Gasteiger charge is -2.05. The van der Waals surface area contributed by atoms with E-state index in [4.69, 9.17) is 11.6 Å². The maximum absolute atomic E-state index is 6.07. The van der Waals surface area contributed by atoms with E-state index < -0.39 is 0 Å². The van der Waals surface area contributed by atoms with Crippen molar-refractivity contribution in [3.63, 3.8) is 0 Å². The quantitative estimate of drug-likeness (QED) is 0.407. The number of aromatic nitrogens is 2. The molecule has 4 heteroatoms. The van der Waals surface area contributed by atoms with Crippen molar-refractivity contribution in [1.29, 1.82) is 0 Å². The third-order valence-corrected chi connectivity index (χ3v) is 3.75. The molecular weight excluding hydrogens is 204 g/mol. The lowest BCUT2D eigenvalue weighted by atomic mass is 10.2. The van der Waals surface area contributed by atoms with E-state index in [9.17, 15) is 0 Å². The summed E-state index contributed by atoms with van der Waals surface area (Å²) >= 11 is 7.64. The van der Waals surface area contributed by atoms with Crippen molar-refractivity contribution in [2.45, 2.75) is 23.9 Å². The van der Waals surface area contributed by atoms with E-state index in [-0.39, 0.29) is 0 Å². The Morgan fingerprint density at radius 1 is 1.46 bits per heavy atom. The molecule has 2 nitrogen and oxygen atoms in total. The molecule has 68 valence electrons. The van der Waals surface area contributed by atoms with Crippen LogP contribution in [0.15, 0.2) is 5.16 Å². The van der Waals surface area contributed by atoms with Crippen molar-refractivity contribution < 1.29 is 0 Å². The molecule has 1 fully saturated rings. The second-order valence-corrected chi connectivity index (χ2v) is 4.80. The average Bonchev–Trinajstić information content (AvgIpc) is 2.81. The van der Waals surface area contributed by atoms with Crippen LogP contribution in [-0.2, 0) is 6.42 Å². The standard InChI is InChI=1S/C9H9ClN2S/c1-13-9-11-7-5-2-4(5)3-6(7)8(10)12-9/h4-5H,2-3H2,1H3. The van der Waals surface area contributed by atoms with Crippen LogP contribution in [0, 0.1) is 5.92 Å². The van der Waals surface area contributed by atoms with Gasteiger partial charge in [-0.2, -0.15) is 0 Å². The zero-order valence-electron chi connectivity index (χ0n) is 7.25. The zero-order valence-corrected chi connectivity index (χ0v) is 8.82. The van der Waals surface area contributed by atoms with Crippen LogP contribution in [-0.4, -0.2) is 16.2 Å². The fraction of sp³-hybridized carbons (Fsp3) is 0.556. The van der Waals surface area contributed by atoms with Crippen molar-refractivity contribution in [3.05, 3.63) is 16.4 Å². The minimum Gasteiger partial charge on any atom is -0.227 e. The Labute approximate surface area is 86.1 Å². The van der Waals surface area contributed by atoms with Crippen LogP contribution in [0.2, 0.25) is 5.15 Å². The Kier molecular flexibility index (Phi) is 1.62. The highest BCUT2D eigenvalue weighted by molar-refractivity contribution is 7.98. The minimum absolute atomic E-state index is 0.682. The van der Waals surface area contributed by atoms with Crippen molar-refractivity contribution in [3.8, 4) is 0 Å². The third kappa shape index (κ3) is 1.10. The van der Waals surface area contributed by atoms with E-state index >= 15 is 0 Å². The topological polar surface area (TPSA) is 25.8 Å². The molecule has 2 atom stereocenters. The Morgan fingerprint density at radius 2 is 2.31 bits per heavy atom. The van der Waals surface area contributed by atoms with Crippen molar-refractivity contribution in [1.82, 2.24) is 9.97 Å². The predicted octanol–water partition coefficient (Wildman–Crippen LogP) is 2.51. The minimum atomic E-state index is 0.682. The van der Waals surface area contributed by atoms with Gasteiger partial charge in [-0.3, -0.25) is 0 Å². The highest BCUT2D eigenvalue weighted by Crippen LogP contribution is 2.56. The van der Waals surface area contributed by atoms with Gasteiger partial charge in [0.2, 0.25) is 0 Å². The SMILES string of the molecule is CSc1nc(Cl)c2c(n1)C1CC1C2. The van der Waals surface area contributed by atoms with Gasteiger partial charge in [-0.25, -0.2) is 9.97 Å². The molecule has 1 aromatic rings. The number of hydrogen-bond acceptors (Lipinski definition) is 3. The first kappa shape index (κ1) is 8.06. The van der Waals surface area contributed by atoms with E-state index in [1.54, 1.807) is 11.8 Å². The predicted molar refractivity (Wildman–Crippen MR) is 53.4 cm³/mol. The second-order valence-electron chi connectivity index (χ2n) is 3.67. The Balaban J connectivity index is 2.16. The van der Waals surface area contributed by atoms with E-state index in [1.165, 1.54) is 17.7 Å². The largest absolute Gasteiger partial charge is 0.227 e. The van der Waals surface area contributed by atoms with Gasteiger partial charge in [0.1, 0.15) is 5.15 Å². The molecule has 0 aromatic carbocycles. The molecule has 2 aliphatic rings. The molecule has 1 aromatic heterocycles. The summed E-state index contributed by atoms with van der Waals surface area (Å²) in [7, 11) is 0. The number of thioether (sulfide) groups is 1. The number of rotatable bonds is 1. The fourth-order valence-corrected chi connectivity index (χ4v) is 2.79. The highest BCUT2D eigenvalue weighted by Gasteiger charge is 2.47. The van der Waals surface area contributed by atoms with Gasteiger partial charge in [0.15, 0.2) is 5.16 Å². The van der Waals surface area contributed by atoms with Crippen molar-refractivity contribution >= 4 is 23.4 Å². The second kappa shape index (κ2) is 2.61. The normalized spacial score (nSPS) is 28.5. The summed E-state index contributed by atoms with van der Waals surface area (Å²) in [6.45, 7) is 0. The first-order valence-corrected chi connectivity index (χ1v) is 6.00. The Hall–Kier alpha value is -0.280. The van der Waals surface area contributed by atoms with Gasteiger partial charge in [-0.15, -0.1) is 0 Å². The summed E-state index contributed by atoms with van der Waals surface area (Å²) in [5.74, 6) is 1.54. The van der Waals surface area contributed by atoms with Gasteiger partial charge in [0.25, 0.3) is 0 Å². The lowest BCUT2D eigenvalue weighted by Crippen LogP contribution is -1.97. The van der Waals surface area contributed by atoms with E-state index in [0.717, 1.165) is 17.5 Å². The maximum Gasteiger partial charge on any atom is 0.188 e. The summed E-state index contributed by atoms with van der Waals surface area (Å²) in [6, 6.07) is 0. The molecule has 2 unspecified atom stereocenters. The molecule has 1 saturated carbocycles. The van der Waals surface area contributed by atoms with Gasteiger partial charge in [0, 0.05) is 11.5 Å². The first-order valence-electron chi connectivity index (χ1n) is 4.40. The first-order chi connectivity index (χ1) is 6.29. The molecule has 2 aliphatic carbocycles. The van der Waals surface area contributed by atoms with Crippen LogP contribution in [0.25, 0.3) is 0 Å². The molecule has 3 rings (SSSR count). The Morgan fingerprint density at radius 3 is 3.08 bits per heavy atom. The van der Waals surface area contributed by atoms with Gasteiger partial charge >= 0.3 is 0 Å². The smallest absolute Gasteiger partial charge is 0.188 e. The van der Waals surface area contributed by atoms with Crippen molar-refractivity contribution in [2.24, 2.45) is 5.92 Å². The van der Waals surface area contributed by atoms with Gasteiger partial charge < -0.3 is 0 Å². The molecular formula is C9H9ClN2S. The van der Waals surface area contributed by atoms with Crippen LogP contribution >= 0.6 is 23.4 Å². The number of fused-ring (bicyclic) bond motifs is 3. The Bertz CT molecular complexity index is 380. The monoisotopic (exact) mass is 212 g/mol. The van der Waals surface area contributed by atoms with E-state index in [2.05, 4.69) is 9.97 Å². The number of nitrogens with zero attached hydrogens (tertiary/aromatic N) is 2. The average molecular weight is 213 g/mol. The van der Waals surface area contributed by atoms with E-state index in [0.29, 0.717) is 11.1 Å². The van der Waals surface area contributed by atoms with Crippen LogP contribution in [0.1, 0.15) is 23.6 Å². The van der Waals surface area contributed by atoms with E-state index in [1.807, 2.05) is 6.26 Å². The molecule has 1 heterocycles. The summed E-state index contributed by atoms with van der Waals surface area (Å²) < 4.78 is 0. The molecule has 0 radical (unpaired) electrons. The van der Waals surface area contributed by atoms with Gasteiger partial charge in [-0.1, -0.05) is 23.4 Å². The fourth-order valence-electron chi connectivity index (χ4n) is 2.11. The molecule has 0 saturated heterocycles. The highest BCUT2D eigenvalue weighted by atomic mass is 35.5. The van der Waals surface area contributed by atoms with Gasteiger partial charge in [-0.05, 0) is 25.0 Å². The summed E-state index contributed by atoms with van der Waals surface area (Å²) in [6.07, 6.45) is 4.40. The summed E-state index contributed by atoms with van der Waals surface area (Å²) in [4.78, 5) is 8.76. The van der Waals surface area contributed by atoms with Crippen molar-refractivity contribution in [2.75, 3.05) is 6.26 Å². The maximum atomic E-state index is 6.07. The number of halogens is 1. The summed E-state index contributed by atoms with van der Waals surface area (Å²) in [5.41, 5.74) is 2.44. The lowest BCUT2D eigenvalue weighted by molar-refractivity contribution is 0.851. The molecule has 0 aliphatic heterocycles. The molecule has 0 bridgehead atoms. The van der Waals surface area contributed by atoms with Crippen LogP contribution in [0.5, 0.6) is 0 Å². The third-order valence-electron chi connectivity index (χ3n) is 2.89. The van der Waals surface area contributed by atoms with Gasteiger partial charge in [0.05, 0.1) is 5.69 Å². The van der Waals surface area contributed by atoms with Crippen LogP contribution in [0.4, 0.5) is 0 Å². The molecule has 0 N–H and O–H groups in total. The molecule has 13 heavy (non-hydrogen) atoms. The number of hydrogen-bond donors (Lipinski definition) is 0. The molecule has 0 spiro atoms. The van der Waals surface area contributed by atoms with Crippen LogP contribution < -0.4 is 0 Å². The molecule has 0 amide bonds. The van der Waals surface area contributed by atoms with Crippen LogP contribution in [0.3, 0.4) is 0 Å².